The molecular formula is C26H35N5O6. The lowest BCUT2D eigenvalue weighted by molar-refractivity contribution is -0.134. The number of aliphatic hydroxyl groups is 1. The van der Waals surface area contributed by atoms with Gasteiger partial charge in [-0.05, 0) is 58.1 Å². The van der Waals surface area contributed by atoms with Crippen LogP contribution in [0.4, 0.5) is 4.79 Å². The number of rotatable bonds is 8. The molecule has 2 aliphatic rings. The van der Waals surface area contributed by atoms with E-state index in [9.17, 15) is 24.3 Å². The number of piperidine rings is 1. The zero-order valence-corrected chi connectivity index (χ0v) is 21.5. The van der Waals surface area contributed by atoms with Crippen molar-refractivity contribution in [2.75, 3.05) is 0 Å². The number of aromatic nitrogens is 1. The second-order valence-electron chi connectivity index (χ2n) is 11.0. The minimum absolute atomic E-state index is 0.0547. The summed E-state index contributed by atoms with van der Waals surface area (Å²) in [6.07, 6.45) is 1.38. The van der Waals surface area contributed by atoms with Gasteiger partial charge in [-0.25, -0.2) is 4.79 Å². The Bertz CT molecular complexity index is 1200. The van der Waals surface area contributed by atoms with E-state index in [0.29, 0.717) is 6.42 Å². The van der Waals surface area contributed by atoms with Crippen LogP contribution in [0.2, 0.25) is 0 Å². The topological polar surface area (TPSA) is 167 Å². The number of nitrogens with zero attached hydrogens (tertiary/aromatic N) is 1. The summed E-state index contributed by atoms with van der Waals surface area (Å²) in [6, 6.07) is 4.29. The second kappa shape index (κ2) is 10.0. The fourth-order valence-electron chi connectivity index (χ4n) is 4.95. The van der Waals surface area contributed by atoms with Crippen molar-refractivity contribution in [2.24, 2.45) is 11.7 Å². The zero-order valence-electron chi connectivity index (χ0n) is 21.5. The van der Waals surface area contributed by atoms with E-state index in [2.05, 4.69) is 15.6 Å². The van der Waals surface area contributed by atoms with Crippen LogP contribution in [0.15, 0.2) is 30.5 Å². The summed E-state index contributed by atoms with van der Waals surface area (Å²) in [5.74, 6) is -1.83. The molecule has 4 rings (SSSR count). The Balaban J connectivity index is 1.56. The van der Waals surface area contributed by atoms with Gasteiger partial charge in [-0.1, -0.05) is 18.2 Å². The normalized spacial score (nSPS) is 23.1. The van der Waals surface area contributed by atoms with Gasteiger partial charge in [0, 0.05) is 29.6 Å². The summed E-state index contributed by atoms with van der Waals surface area (Å²) < 4.78 is 5.53. The number of likely N-dealkylation sites (tertiary alicyclic amines) is 1. The van der Waals surface area contributed by atoms with Gasteiger partial charge in [-0.3, -0.25) is 19.3 Å². The number of hydrogen-bond donors (Lipinski definition) is 5. The van der Waals surface area contributed by atoms with E-state index >= 15 is 0 Å². The van der Waals surface area contributed by atoms with Gasteiger partial charge < -0.3 is 31.2 Å². The van der Waals surface area contributed by atoms with Crippen molar-refractivity contribution < 1.29 is 29.0 Å². The summed E-state index contributed by atoms with van der Waals surface area (Å²) in [7, 11) is 0. The third-order valence-electron chi connectivity index (χ3n) is 6.83. The maximum Gasteiger partial charge on any atom is 0.411 e. The van der Waals surface area contributed by atoms with Crippen LogP contribution in [0.3, 0.4) is 0 Å². The van der Waals surface area contributed by atoms with Gasteiger partial charge in [0.05, 0.1) is 6.10 Å². The smallest absolute Gasteiger partial charge is 0.411 e. The Morgan fingerprint density at radius 3 is 2.54 bits per heavy atom. The summed E-state index contributed by atoms with van der Waals surface area (Å²) in [5.41, 5.74) is 6.29. The zero-order chi connectivity index (χ0) is 27.1. The number of fused-ring (bicyclic) bond motifs is 2. The lowest BCUT2D eigenvalue weighted by Crippen LogP contribution is -2.59. The molecule has 1 unspecified atom stereocenters. The fourth-order valence-corrected chi connectivity index (χ4v) is 4.95. The standard InChI is InChI=1S/C26H35N5O6/c1-13(32)21(22(27)33)30-23(34)18(9-15-12-28-17-8-6-5-7-16(15)17)29-24(35)20-11-14-10-19(14)31(20)25(36)37-26(2,3)4/h5-8,12-14,18-21,28,32H,9-11H2,1-4H3,(H2,27,33)(H,29,35)(H,30,34)/t13-,14+,18?,19+,20+,21+/m1/s1. The predicted octanol–water partition coefficient (Wildman–Crippen LogP) is 0.944. The number of hydrogen-bond acceptors (Lipinski definition) is 6. The Morgan fingerprint density at radius 2 is 1.89 bits per heavy atom. The van der Waals surface area contributed by atoms with E-state index in [0.717, 1.165) is 22.9 Å². The van der Waals surface area contributed by atoms with Gasteiger partial charge in [-0.15, -0.1) is 0 Å². The maximum atomic E-state index is 13.5. The Hall–Kier alpha value is -3.60. The Kier molecular flexibility index (Phi) is 7.18. The van der Waals surface area contributed by atoms with E-state index in [4.69, 9.17) is 10.5 Å². The highest BCUT2D eigenvalue weighted by atomic mass is 16.6. The Morgan fingerprint density at radius 1 is 1.19 bits per heavy atom. The lowest BCUT2D eigenvalue weighted by atomic mass is 10.0. The van der Waals surface area contributed by atoms with Gasteiger partial charge in [-0.2, -0.15) is 0 Å². The summed E-state index contributed by atoms with van der Waals surface area (Å²) >= 11 is 0. The fraction of sp³-hybridized carbons (Fsp3) is 0.538. The average molecular weight is 514 g/mol. The number of para-hydroxylation sites is 1. The number of H-pyrrole nitrogens is 1. The van der Waals surface area contributed by atoms with Crippen molar-refractivity contribution >= 4 is 34.7 Å². The van der Waals surface area contributed by atoms with Gasteiger partial charge in [0.2, 0.25) is 17.7 Å². The molecule has 0 spiro atoms. The first-order valence-corrected chi connectivity index (χ1v) is 12.5. The van der Waals surface area contributed by atoms with Crippen molar-refractivity contribution in [3.05, 3.63) is 36.0 Å². The molecule has 1 aliphatic heterocycles. The number of nitrogens with two attached hydrogens (primary N) is 1. The SMILES string of the molecule is C[C@@H](O)[C@H](NC(=O)C(Cc1c[nH]c2ccccc12)NC(=O)[C@@H]1C[C@@H]2C[C@@H]2N1C(=O)OC(C)(C)C)C(N)=O. The number of ether oxygens (including phenoxy) is 1. The minimum atomic E-state index is -1.33. The molecular weight excluding hydrogens is 478 g/mol. The average Bonchev–Trinajstić information content (AvgIpc) is 3.27. The highest BCUT2D eigenvalue weighted by Gasteiger charge is 2.57. The molecule has 2 fully saturated rings. The van der Waals surface area contributed by atoms with Crippen LogP contribution in [0.5, 0.6) is 0 Å². The third kappa shape index (κ3) is 5.87. The summed E-state index contributed by atoms with van der Waals surface area (Å²) in [4.78, 5) is 56.1. The van der Waals surface area contributed by atoms with Crippen LogP contribution in [0, 0.1) is 5.92 Å². The molecule has 6 N–H and O–H groups in total. The highest BCUT2D eigenvalue weighted by molar-refractivity contribution is 5.95. The van der Waals surface area contributed by atoms with Crippen LogP contribution in [-0.4, -0.2) is 74.7 Å². The first kappa shape index (κ1) is 26.5. The number of carbonyl (C=O) groups is 4. The number of aliphatic hydroxyl groups excluding tert-OH is 1. The van der Waals surface area contributed by atoms with Crippen LogP contribution in [0.1, 0.15) is 46.1 Å². The number of nitrogens with one attached hydrogen (secondary N) is 3. The van der Waals surface area contributed by atoms with Crippen LogP contribution < -0.4 is 16.4 Å². The van der Waals surface area contributed by atoms with Crippen molar-refractivity contribution in [3.63, 3.8) is 0 Å². The van der Waals surface area contributed by atoms with Gasteiger partial charge >= 0.3 is 6.09 Å². The molecule has 6 atom stereocenters. The van der Waals surface area contributed by atoms with Crippen molar-refractivity contribution in [2.45, 2.75) is 82.8 Å². The number of carbonyl (C=O) groups excluding carboxylic acids is 4. The van der Waals surface area contributed by atoms with E-state index < -0.39 is 53.6 Å². The molecule has 0 radical (unpaired) electrons. The molecule has 11 heteroatoms. The summed E-state index contributed by atoms with van der Waals surface area (Å²) in [5, 5.41) is 16.1. The van der Waals surface area contributed by atoms with E-state index in [1.54, 1.807) is 27.0 Å². The van der Waals surface area contributed by atoms with E-state index in [1.807, 2.05) is 24.3 Å². The lowest BCUT2D eigenvalue weighted by Gasteiger charge is -2.31. The summed E-state index contributed by atoms with van der Waals surface area (Å²) in [6.45, 7) is 6.63. The van der Waals surface area contributed by atoms with Crippen LogP contribution in [-0.2, 0) is 25.5 Å². The number of aromatic amines is 1. The monoisotopic (exact) mass is 513 g/mol. The van der Waals surface area contributed by atoms with Gasteiger partial charge in [0.15, 0.2) is 0 Å². The third-order valence-corrected chi connectivity index (χ3v) is 6.83. The molecule has 1 aliphatic carbocycles. The van der Waals surface area contributed by atoms with Crippen molar-refractivity contribution in [1.82, 2.24) is 20.5 Å². The highest BCUT2D eigenvalue weighted by Crippen LogP contribution is 2.48. The Labute approximate surface area is 215 Å². The number of benzene rings is 1. The predicted molar refractivity (Wildman–Crippen MR) is 135 cm³/mol. The van der Waals surface area contributed by atoms with E-state index in [1.165, 1.54) is 11.8 Å². The molecule has 11 nitrogen and oxygen atoms in total. The van der Waals surface area contributed by atoms with Crippen molar-refractivity contribution in [3.8, 4) is 0 Å². The molecule has 1 aromatic carbocycles. The van der Waals surface area contributed by atoms with Crippen molar-refractivity contribution in [1.29, 1.82) is 0 Å². The van der Waals surface area contributed by atoms with Gasteiger partial charge in [0.25, 0.3) is 0 Å². The van der Waals surface area contributed by atoms with E-state index in [-0.39, 0.29) is 18.4 Å². The van der Waals surface area contributed by atoms with Crippen LogP contribution >= 0.6 is 0 Å². The van der Waals surface area contributed by atoms with Crippen LogP contribution in [0.25, 0.3) is 10.9 Å². The molecule has 2 heterocycles. The minimum Gasteiger partial charge on any atom is -0.444 e. The first-order valence-electron chi connectivity index (χ1n) is 12.5. The molecule has 37 heavy (non-hydrogen) atoms. The molecule has 200 valence electrons. The first-order chi connectivity index (χ1) is 17.4. The quantitative estimate of drug-likeness (QED) is 0.352. The number of primary amides is 1. The molecule has 1 aromatic heterocycles. The maximum absolute atomic E-state index is 13.5. The largest absolute Gasteiger partial charge is 0.444 e. The molecule has 1 saturated heterocycles. The molecule has 4 amide bonds. The molecule has 0 bridgehead atoms. The molecule has 1 saturated carbocycles. The molecule has 2 aromatic rings. The number of amides is 4. The second-order valence-corrected chi connectivity index (χ2v) is 11.0. The van der Waals surface area contributed by atoms with Gasteiger partial charge in [0.1, 0.15) is 23.7 Å².